The second-order valence-electron chi connectivity index (χ2n) is 4.26. The number of nitrogens with two attached hydrogens (primary N) is 1. The zero-order chi connectivity index (χ0) is 11.5. The van der Waals surface area contributed by atoms with Crippen molar-refractivity contribution < 1.29 is 0 Å². The van der Waals surface area contributed by atoms with Gasteiger partial charge in [0.2, 0.25) is 0 Å². The van der Waals surface area contributed by atoms with Crippen LogP contribution >= 0.6 is 0 Å². The second-order valence-corrected chi connectivity index (χ2v) is 4.26. The smallest absolute Gasteiger partial charge is 0.141 e. The van der Waals surface area contributed by atoms with Crippen molar-refractivity contribution in [2.24, 2.45) is 5.73 Å². The molecule has 1 heterocycles. The summed E-state index contributed by atoms with van der Waals surface area (Å²) in [4.78, 5) is 6.52. The summed E-state index contributed by atoms with van der Waals surface area (Å²) in [5.41, 5.74) is 7.19. The van der Waals surface area contributed by atoms with Gasteiger partial charge in [0.15, 0.2) is 0 Å². The SMILES string of the molecule is CCN(Cc1ccnc(C(=N)N)c1)C1CC1. The summed E-state index contributed by atoms with van der Waals surface area (Å²) >= 11 is 0. The van der Waals surface area contributed by atoms with Gasteiger partial charge in [0.25, 0.3) is 0 Å². The summed E-state index contributed by atoms with van der Waals surface area (Å²) in [5, 5.41) is 7.36. The third-order valence-electron chi connectivity index (χ3n) is 2.96. The first-order valence-corrected chi connectivity index (χ1v) is 5.74. The van der Waals surface area contributed by atoms with Crippen molar-refractivity contribution in [3.8, 4) is 0 Å². The van der Waals surface area contributed by atoms with Gasteiger partial charge in [-0.2, -0.15) is 0 Å². The van der Waals surface area contributed by atoms with Crippen molar-refractivity contribution >= 4 is 5.84 Å². The number of nitrogens with one attached hydrogen (secondary N) is 1. The van der Waals surface area contributed by atoms with Crippen LogP contribution in [0, 0.1) is 5.41 Å². The molecule has 1 aliphatic carbocycles. The van der Waals surface area contributed by atoms with E-state index in [0.717, 1.165) is 19.1 Å². The zero-order valence-corrected chi connectivity index (χ0v) is 9.61. The fourth-order valence-electron chi connectivity index (χ4n) is 1.89. The molecule has 16 heavy (non-hydrogen) atoms. The Morgan fingerprint density at radius 2 is 2.38 bits per heavy atom. The van der Waals surface area contributed by atoms with Crippen molar-refractivity contribution in [2.45, 2.75) is 32.4 Å². The van der Waals surface area contributed by atoms with E-state index >= 15 is 0 Å². The van der Waals surface area contributed by atoms with Crippen molar-refractivity contribution in [1.82, 2.24) is 9.88 Å². The second kappa shape index (κ2) is 4.61. The van der Waals surface area contributed by atoms with Gasteiger partial charge in [-0.15, -0.1) is 0 Å². The molecule has 2 rings (SSSR count). The van der Waals surface area contributed by atoms with Crippen LogP contribution in [0.5, 0.6) is 0 Å². The van der Waals surface area contributed by atoms with Gasteiger partial charge in [-0.25, -0.2) is 0 Å². The lowest BCUT2D eigenvalue weighted by atomic mass is 10.2. The summed E-state index contributed by atoms with van der Waals surface area (Å²) in [6.07, 6.45) is 4.36. The molecule has 0 saturated heterocycles. The quantitative estimate of drug-likeness (QED) is 0.579. The molecule has 1 aromatic heterocycles. The molecule has 1 saturated carbocycles. The highest BCUT2D eigenvalue weighted by atomic mass is 15.2. The molecule has 86 valence electrons. The number of aromatic nitrogens is 1. The topological polar surface area (TPSA) is 66.0 Å². The van der Waals surface area contributed by atoms with E-state index in [9.17, 15) is 0 Å². The molecule has 0 spiro atoms. The van der Waals surface area contributed by atoms with Crippen LogP contribution in [0.2, 0.25) is 0 Å². The Morgan fingerprint density at radius 1 is 1.62 bits per heavy atom. The third kappa shape index (κ3) is 2.58. The molecular formula is C12H18N4. The number of amidine groups is 1. The highest BCUT2D eigenvalue weighted by molar-refractivity contribution is 5.93. The van der Waals surface area contributed by atoms with Crippen molar-refractivity contribution in [2.75, 3.05) is 6.54 Å². The molecular weight excluding hydrogens is 200 g/mol. The molecule has 0 aromatic carbocycles. The average molecular weight is 218 g/mol. The molecule has 1 fully saturated rings. The largest absolute Gasteiger partial charge is 0.382 e. The van der Waals surface area contributed by atoms with Gasteiger partial charge >= 0.3 is 0 Å². The first kappa shape index (κ1) is 11.1. The van der Waals surface area contributed by atoms with Crippen LogP contribution in [-0.2, 0) is 6.54 Å². The maximum Gasteiger partial charge on any atom is 0.141 e. The van der Waals surface area contributed by atoms with Crippen LogP contribution in [0.25, 0.3) is 0 Å². The van der Waals surface area contributed by atoms with Crippen molar-refractivity contribution in [3.63, 3.8) is 0 Å². The van der Waals surface area contributed by atoms with Crippen LogP contribution in [0.1, 0.15) is 31.0 Å². The number of nitrogens with zero attached hydrogens (tertiary/aromatic N) is 2. The van der Waals surface area contributed by atoms with E-state index in [-0.39, 0.29) is 5.84 Å². The van der Waals surface area contributed by atoms with E-state index in [4.69, 9.17) is 11.1 Å². The lowest BCUT2D eigenvalue weighted by Crippen LogP contribution is -2.25. The minimum Gasteiger partial charge on any atom is -0.382 e. The summed E-state index contributed by atoms with van der Waals surface area (Å²) in [7, 11) is 0. The Hall–Kier alpha value is -1.42. The molecule has 0 amide bonds. The number of rotatable bonds is 5. The van der Waals surface area contributed by atoms with Gasteiger partial charge in [-0.05, 0) is 37.1 Å². The van der Waals surface area contributed by atoms with Crippen LogP contribution in [-0.4, -0.2) is 28.3 Å². The number of hydrogen-bond acceptors (Lipinski definition) is 3. The normalized spacial score (nSPS) is 15.4. The van der Waals surface area contributed by atoms with Gasteiger partial charge in [0, 0.05) is 18.8 Å². The Kier molecular flexibility index (Phi) is 3.19. The molecule has 4 nitrogen and oxygen atoms in total. The van der Waals surface area contributed by atoms with Gasteiger partial charge in [-0.1, -0.05) is 6.92 Å². The minimum absolute atomic E-state index is 0.0383. The summed E-state index contributed by atoms with van der Waals surface area (Å²) in [5.74, 6) is 0.0383. The minimum atomic E-state index is 0.0383. The average Bonchev–Trinajstić information content (AvgIpc) is 3.10. The summed E-state index contributed by atoms with van der Waals surface area (Å²) in [6.45, 7) is 4.19. The maximum atomic E-state index is 7.36. The van der Waals surface area contributed by atoms with Crippen molar-refractivity contribution in [3.05, 3.63) is 29.6 Å². The van der Waals surface area contributed by atoms with Crippen LogP contribution in [0.3, 0.4) is 0 Å². The molecule has 0 aliphatic heterocycles. The fourth-order valence-corrected chi connectivity index (χ4v) is 1.89. The summed E-state index contributed by atoms with van der Waals surface area (Å²) < 4.78 is 0. The first-order valence-electron chi connectivity index (χ1n) is 5.74. The molecule has 4 heteroatoms. The zero-order valence-electron chi connectivity index (χ0n) is 9.61. The van der Waals surface area contributed by atoms with Gasteiger partial charge in [-0.3, -0.25) is 15.3 Å². The number of nitrogen functional groups attached to an aromatic ring is 1. The van der Waals surface area contributed by atoms with Crippen LogP contribution in [0.4, 0.5) is 0 Å². The van der Waals surface area contributed by atoms with Gasteiger partial charge in [0.1, 0.15) is 11.5 Å². The molecule has 0 atom stereocenters. The van der Waals surface area contributed by atoms with Crippen LogP contribution in [0.15, 0.2) is 18.3 Å². The molecule has 1 aromatic rings. The lowest BCUT2D eigenvalue weighted by molar-refractivity contribution is 0.269. The number of hydrogen-bond donors (Lipinski definition) is 2. The highest BCUT2D eigenvalue weighted by Gasteiger charge is 2.27. The molecule has 3 N–H and O–H groups in total. The lowest BCUT2D eigenvalue weighted by Gasteiger charge is -2.19. The monoisotopic (exact) mass is 218 g/mol. The van der Waals surface area contributed by atoms with E-state index < -0.39 is 0 Å². The third-order valence-corrected chi connectivity index (χ3v) is 2.96. The van der Waals surface area contributed by atoms with E-state index in [1.165, 1.54) is 18.4 Å². The van der Waals surface area contributed by atoms with E-state index in [0.29, 0.717) is 5.69 Å². The standard InChI is InChI=1S/C12H18N4/c1-2-16(10-3-4-10)8-9-5-6-15-11(7-9)12(13)14/h5-7,10H,2-4,8H2,1H3,(H3,13,14). The molecule has 0 unspecified atom stereocenters. The Bertz CT molecular complexity index is 384. The van der Waals surface area contributed by atoms with E-state index in [1.807, 2.05) is 12.1 Å². The van der Waals surface area contributed by atoms with Gasteiger partial charge < -0.3 is 5.73 Å². The van der Waals surface area contributed by atoms with Crippen LogP contribution < -0.4 is 5.73 Å². The predicted molar refractivity (Wildman–Crippen MR) is 64.4 cm³/mol. The first-order chi connectivity index (χ1) is 7.70. The fraction of sp³-hybridized carbons (Fsp3) is 0.500. The molecule has 0 bridgehead atoms. The Balaban J connectivity index is 2.07. The predicted octanol–water partition coefficient (Wildman–Crippen LogP) is 1.35. The maximum absolute atomic E-state index is 7.36. The molecule has 0 radical (unpaired) electrons. The van der Waals surface area contributed by atoms with Gasteiger partial charge in [0.05, 0.1) is 0 Å². The summed E-state index contributed by atoms with van der Waals surface area (Å²) in [6, 6.07) is 4.67. The van der Waals surface area contributed by atoms with E-state index in [1.54, 1.807) is 6.20 Å². The Labute approximate surface area is 96.0 Å². The highest BCUT2D eigenvalue weighted by Crippen LogP contribution is 2.27. The van der Waals surface area contributed by atoms with E-state index in [2.05, 4.69) is 16.8 Å². The number of pyridine rings is 1. The Morgan fingerprint density at radius 3 is 2.94 bits per heavy atom. The van der Waals surface area contributed by atoms with Crippen molar-refractivity contribution in [1.29, 1.82) is 5.41 Å². The molecule has 1 aliphatic rings.